The number of rotatable bonds is 22. The highest BCUT2D eigenvalue weighted by Gasteiger charge is 2.19. The van der Waals surface area contributed by atoms with Crippen LogP contribution in [0.4, 0.5) is 109 Å². The van der Waals surface area contributed by atoms with E-state index in [9.17, 15) is 44.2 Å². The minimum Gasteiger partial charge on any atom is -0.399 e. The van der Waals surface area contributed by atoms with E-state index in [2.05, 4.69) is 110 Å². The van der Waals surface area contributed by atoms with E-state index in [-0.39, 0.29) is 76.4 Å². The van der Waals surface area contributed by atoms with Crippen LogP contribution in [-0.2, 0) is 4.79 Å². The third-order valence-electron chi connectivity index (χ3n) is 15.5. The first-order valence-electron chi connectivity index (χ1n) is 34.5. The standard InChI is InChI=1S/C22H21ClN6O2.C19H17ClN6O3.C19H19ClN6O.C12H10Cl2N4O.C7H8N2O2.CH4/c1-4-19(30)26-14-9-13(2)10-15(11-14)27-22-25-12-17(23)20(29-22)28-18-8-6-5-7-16(18)21(31)24-3;1-11-7-12(9-13(8-11)26(28)29)23-19-22-10-15(20)17(25-19)24-16-6-4-3-5-14(16)18(27)21-2;1-11-7-12(21)9-13(8-11)24-19-23-10-15(20)17(26-19)25-16-6-4-3-5-14(16)18(27)22-2;1-15-11(19)7-4-2-3-5-9(7)17-10-8(13)6-16-12(14)18-10;1-5-2-6(8)4-7(3-5)9(10)11;/h4-12H,1H2,2-3H3,(H,24,31)(H,26,30)(H2,25,27,28,29);3-10H,1-2H3,(H,21,27)(H2,22,23,24,25);3-10H,21H2,1-2H3,(H,22,27)(H2,23,24,25,26);2-6H,1H3,(H,15,19)(H,16,17,18);2-4H,8H2,1H3;1H4. The van der Waals surface area contributed by atoms with Gasteiger partial charge in [0.25, 0.3) is 35.0 Å². The summed E-state index contributed by atoms with van der Waals surface area (Å²) in [5, 5.41) is 57.0. The molecular formula is C80H79Cl5N24O9. The molecule has 16 N–H and O–H groups in total. The van der Waals surface area contributed by atoms with E-state index in [0.29, 0.717) is 117 Å². The molecule has 0 atom stereocenters. The minimum absolute atomic E-state index is 0. The van der Waals surface area contributed by atoms with Crippen LogP contribution in [-0.4, -0.2) is 107 Å². The summed E-state index contributed by atoms with van der Waals surface area (Å²) in [6.45, 7) is 10.8. The van der Waals surface area contributed by atoms with Crippen LogP contribution in [0.25, 0.3) is 0 Å². The maximum Gasteiger partial charge on any atom is 0.271 e. The average molecular weight is 1700 g/mol. The summed E-state index contributed by atoms with van der Waals surface area (Å²) in [4.78, 5) is 113. The van der Waals surface area contributed by atoms with Crippen molar-refractivity contribution < 1.29 is 33.8 Å². The number of carbonyl (C=O) groups is 5. The molecule has 608 valence electrons. The molecule has 0 unspecified atom stereocenters. The van der Waals surface area contributed by atoms with Gasteiger partial charge in [-0.15, -0.1) is 0 Å². The fourth-order valence-corrected chi connectivity index (χ4v) is 11.1. The summed E-state index contributed by atoms with van der Waals surface area (Å²) in [6.07, 6.45) is 6.93. The monoisotopic (exact) mass is 1690 g/mol. The first-order chi connectivity index (χ1) is 55.9. The number of aryl methyl sites for hydroxylation is 4. The molecule has 0 saturated heterocycles. The second kappa shape index (κ2) is 43.8. The fourth-order valence-electron chi connectivity index (χ4n) is 10.4. The molecule has 8 aromatic carbocycles. The van der Waals surface area contributed by atoms with E-state index < -0.39 is 9.85 Å². The number of non-ortho nitro benzene ring substituents is 2. The van der Waals surface area contributed by atoms with Crippen molar-refractivity contribution in [1.82, 2.24) is 61.1 Å². The third-order valence-corrected chi connectivity index (χ3v) is 16.8. The number of nitrogens with one attached hydrogen (secondary N) is 12. The number of nitrogens with zero attached hydrogens (tertiary/aromatic N) is 10. The number of aromatic nitrogens is 8. The lowest BCUT2D eigenvalue weighted by Crippen LogP contribution is -2.19. The van der Waals surface area contributed by atoms with Crippen molar-refractivity contribution in [3.8, 4) is 0 Å². The third kappa shape index (κ3) is 26.9. The molecule has 0 aliphatic heterocycles. The molecule has 0 fully saturated rings. The number of amides is 5. The number of halogens is 5. The highest BCUT2D eigenvalue weighted by molar-refractivity contribution is 6.34. The summed E-state index contributed by atoms with van der Waals surface area (Å²) in [7, 11) is 6.24. The second-order valence-corrected chi connectivity index (χ2v) is 26.4. The van der Waals surface area contributed by atoms with Gasteiger partial charge in [0.1, 0.15) is 20.1 Å². The van der Waals surface area contributed by atoms with Gasteiger partial charge in [-0.1, -0.05) is 109 Å². The van der Waals surface area contributed by atoms with E-state index in [1.54, 1.807) is 157 Å². The number of nitro benzene ring substituents is 2. The van der Waals surface area contributed by atoms with Crippen molar-refractivity contribution in [2.24, 2.45) is 0 Å². The molecular weight excluding hydrogens is 1620 g/mol. The number of benzene rings is 8. The lowest BCUT2D eigenvalue weighted by Gasteiger charge is -2.13. The Kier molecular flexibility index (Phi) is 33.7. The molecule has 0 radical (unpaired) electrons. The number of para-hydroxylation sites is 4. The molecule has 0 aliphatic rings. The quantitative estimate of drug-likeness (QED) is 0.00985. The summed E-state index contributed by atoms with van der Waals surface area (Å²) < 4.78 is 0. The number of carbonyl (C=O) groups excluding carboxylic acids is 5. The van der Waals surface area contributed by atoms with Crippen LogP contribution in [0.1, 0.15) is 71.1 Å². The van der Waals surface area contributed by atoms with Gasteiger partial charge in [-0.05, 0) is 165 Å². The molecule has 0 spiro atoms. The van der Waals surface area contributed by atoms with E-state index in [1.165, 1.54) is 55.1 Å². The highest BCUT2D eigenvalue weighted by Crippen LogP contribution is 2.33. The normalized spacial score (nSPS) is 10.1. The summed E-state index contributed by atoms with van der Waals surface area (Å²) in [5.74, 6) is 0.950. The van der Waals surface area contributed by atoms with Gasteiger partial charge in [0.05, 0.1) is 79.6 Å². The molecule has 118 heavy (non-hydrogen) atoms. The van der Waals surface area contributed by atoms with Gasteiger partial charge in [-0.2, -0.15) is 19.9 Å². The molecule has 38 heteroatoms. The molecule has 4 heterocycles. The lowest BCUT2D eigenvalue weighted by atomic mass is 10.1. The van der Waals surface area contributed by atoms with E-state index >= 15 is 0 Å². The smallest absolute Gasteiger partial charge is 0.271 e. The largest absolute Gasteiger partial charge is 0.399 e. The van der Waals surface area contributed by atoms with Gasteiger partial charge in [-0.3, -0.25) is 44.2 Å². The van der Waals surface area contributed by atoms with Crippen LogP contribution in [0.2, 0.25) is 25.4 Å². The van der Waals surface area contributed by atoms with Crippen molar-refractivity contribution in [3.05, 3.63) is 297 Å². The Bertz CT molecular complexity index is 5640. The number of nitro groups is 2. The Morgan fingerprint density at radius 1 is 0.381 bits per heavy atom. The number of hydrogen-bond donors (Lipinski definition) is 14. The van der Waals surface area contributed by atoms with Crippen molar-refractivity contribution in [3.63, 3.8) is 0 Å². The minimum atomic E-state index is -0.469. The molecule has 0 saturated carbocycles. The van der Waals surface area contributed by atoms with Gasteiger partial charge in [0.15, 0.2) is 23.3 Å². The summed E-state index contributed by atoms with van der Waals surface area (Å²) in [5.41, 5.74) is 22.4. The first kappa shape index (κ1) is 90.8. The summed E-state index contributed by atoms with van der Waals surface area (Å²) >= 11 is 30.4. The molecule has 33 nitrogen and oxygen atoms in total. The van der Waals surface area contributed by atoms with Gasteiger partial charge in [0.2, 0.25) is 29.0 Å². The summed E-state index contributed by atoms with van der Waals surface area (Å²) in [6, 6.07) is 48.2. The van der Waals surface area contributed by atoms with Crippen LogP contribution in [0.3, 0.4) is 0 Å². The SMILES string of the molecule is C.C=CC(=O)Nc1cc(C)cc(Nc2ncc(Cl)c(Nc3ccccc3C(=O)NC)n2)c1.CNC(=O)c1ccccc1Nc1nc(Cl)ncc1Cl.CNC(=O)c1ccccc1Nc1nc(Nc2cc(C)cc(N)c2)ncc1Cl.CNC(=O)c1ccccc1Nc1nc(Nc2cc(C)cc([N+](=O)[O-])c2)ncc1Cl.Cc1cc(N)cc([N+](=O)[O-])c1. The number of anilines is 17. The van der Waals surface area contributed by atoms with Crippen LogP contribution in [0.5, 0.6) is 0 Å². The Hall–Kier alpha value is -14.4. The van der Waals surface area contributed by atoms with Gasteiger partial charge >= 0.3 is 0 Å². The number of nitrogens with two attached hydrogens (primary N) is 2. The molecule has 12 rings (SSSR count). The van der Waals surface area contributed by atoms with E-state index in [0.717, 1.165) is 22.4 Å². The fraction of sp³-hybridized carbons (Fsp3) is 0.113. The Balaban J connectivity index is 0.000000209. The Labute approximate surface area is 702 Å². The molecule has 0 aliphatic carbocycles. The van der Waals surface area contributed by atoms with Crippen molar-refractivity contribution in [1.29, 1.82) is 0 Å². The lowest BCUT2D eigenvalue weighted by molar-refractivity contribution is -0.385. The zero-order valence-electron chi connectivity index (χ0n) is 63.5. The highest BCUT2D eigenvalue weighted by atomic mass is 35.5. The molecule has 5 amide bonds. The second-order valence-electron chi connectivity index (χ2n) is 24.5. The molecule has 12 aromatic rings. The van der Waals surface area contributed by atoms with Crippen LogP contribution >= 0.6 is 58.0 Å². The number of hydrogen-bond acceptors (Lipinski definition) is 26. The maximum atomic E-state index is 12.1. The zero-order chi connectivity index (χ0) is 85.0. The van der Waals surface area contributed by atoms with Crippen LogP contribution < -0.4 is 75.3 Å². The van der Waals surface area contributed by atoms with E-state index in [1.807, 2.05) is 44.2 Å². The molecule has 4 aromatic heterocycles. The average Bonchev–Trinajstić information content (AvgIpc) is 0.739. The van der Waals surface area contributed by atoms with Crippen LogP contribution in [0, 0.1) is 47.9 Å². The number of nitrogen functional groups attached to an aromatic ring is 2. The van der Waals surface area contributed by atoms with Crippen molar-refractivity contribution in [2.45, 2.75) is 35.1 Å². The van der Waals surface area contributed by atoms with Gasteiger partial charge in [-0.25, -0.2) is 19.9 Å². The van der Waals surface area contributed by atoms with Crippen molar-refractivity contribution in [2.75, 3.05) is 82.2 Å². The van der Waals surface area contributed by atoms with Gasteiger partial charge < -0.3 is 75.3 Å². The first-order valence-corrected chi connectivity index (χ1v) is 36.4. The zero-order valence-corrected chi connectivity index (χ0v) is 67.2. The predicted molar refractivity (Wildman–Crippen MR) is 468 cm³/mol. The topological polar surface area (TPSA) is 471 Å². The Morgan fingerprint density at radius 3 is 1.01 bits per heavy atom. The van der Waals surface area contributed by atoms with Gasteiger partial charge in [0, 0.05) is 86.6 Å². The molecule has 0 bridgehead atoms. The maximum absolute atomic E-state index is 12.1. The van der Waals surface area contributed by atoms with E-state index in [4.69, 9.17) is 69.5 Å². The predicted octanol–water partition coefficient (Wildman–Crippen LogP) is 17.5. The van der Waals surface area contributed by atoms with Crippen molar-refractivity contribution >= 4 is 197 Å². The van der Waals surface area contributed by atoms with Crippen LogP contribution in [0.15, 0.2) is 207 Å². The Morgan fingerprint density at radius 2 is 0.669 bits per heavy atom.